The number of likely N-dealkylation sites (tertiary alicyclic amines) is 1. The number of piperidine rings is 1. The molecule has 1 amide bonds. The van der Waals surface area contributed by atoms with Crippen LogP contribution in [0.25, 0.3) is 0 Å². The molecule has 22 heavy (non-hydrogen) atoms. The van der Waals surface area contributed by atoms with Crippen molar-refractivity contribution in [3.63, 3.8) is 0 Å². The molecule has 2 aromatic rings. The van der Waals surface area contributed by atoms with Crippen molar-refractivity contribution in [3.05, 3.63) is 53.4 Å². The summed E-state index contributed by atoms with van der Waals surface area (Å²) < 4.78 is 4.94. The van der Waals surface area contributed by atoms with Crippen molar-refractivity contribution in [1.29, 1.82) is 5.41 Å². The van der Waals surface area contributed by atoms with Crippen LogP contribution in [-0.4, -0.2) is 34.9 Å². The Kier molecular flexibility index (Phi) is 3.91. The second-order valence-corrected chi connectivity index (χ2v) is 5.46. The van der Waals surface area contributed by atoms with Crippen LogP contribution in [0.15, 0.2) is 40.9 Å². The van der Waals surface area contributed by atoms with Crippen molar-refractivity contribution >= 4 is 11.7 Å². The van der Waals surface area contributed by atoms with Crippen molar-refractivity contribution in [1.82, 2.24) is 10.1 Å². The molecular weight excluding hydrogens is 280 g/mol. The highest BCUT2D eigenvalue weighted by atomic mass is 16.5. The van der Waals surface area contributed by atoms with Gasteiger partial charge in [-0.25, -0.2) is 0 Å². The Bertz CT molecular complexity index is 672. The molecule has 1 fully saturated rings. The average molecular weight is 298 g/mol. The molecule has 0 radical (unpaired) electrons. The first-order valence-corrected chi connectivity index (χ1v) is 7.30. The molecular formula is C16H18N4O2. The maximum absolute atomic E-state index is 11.0. The van der Waals surface area contributed by atoms with Gasteiger partial charge in [-0.05, 0) is 12.8 Å². The SMILES string of the molecule is N=C(c1ccccc1)N1CCC(c2cc(C(N)=O)on2)CC1. The van der Waals surface area contributed by atoms with E-state index in [0.29, 0.717) is 5.84 Å². The van der Waals surface area contributed by atoms with Gasteiger partial charge >= 0.3 is 0 Å². The van der Waals surface area contributed by atoms with E-state index in [-0.39, 0.29) is 11.7 Å². The molecule has 2 heterocycles. The molecule has 1 saturated heterocycles. The summed E-state index contributed by atoms with van der Waals surface area (Å²) in [7, 11) is 0. The van der Waals surface area contributed by atoms with Crippen LogP contribution in [0.1, 0.15) is 40.6 Å². The third kappa shape index (κ3) is 2.86. The van der Waals surface area contributed by atoms with Crippen LogP contribution in [0.4, 0.5) is 0 Å². The van der Waals surface area contributed by atoms with Crippen molar-refractivity contribution < 1.29 is 9.32 Å². The predicted molar refractivity (Wildman–Crippen MR) is 81.8 cm³/mol. The largest absolute Gasteiger partial charge is 0.363 e. The lowest BCUT2D eigenvalue weighted by Crippen LogP contribution is -2.38. The van der Waals surface area contributed by atoms with Crippen LogP contribution >= 0.6 is 0 Å². The molecule has 1 aliphatic rings. The molecule has 114 valence electrons. The summed E-state index contributed by atoms with van der Waals surface area (Å²) in [5, 5.41) is 12.2. The van der Waals surface area contributed by atoms with Gasteiger partial charge in [-0.15, -0.1) is 0 Å². The quantitative estimate of drug-likeness (QED) is 0.669. The van der Waals surface area contributed by atoms with E-state index < -0.39 is 5.91 Å². The maximum atomic E-state index is 11.0. The monoisotopic (exact) mass is 298 g/mol. The second-order valence-electron chi connectivity index (χ2n) is 5.46. The Labute approximate surface area is 128 Å². The molecule has 0 unspecified atom stereocenters. The third-order valence-corrected chi connectivity index (χ3v) is 4.05. The smallest absolute Gasteiger partial charge is 0.287 e. The van der Waals surface area contributed by atoms with Gasteiger partial charge in [-0.2, -0.15) is 0 Å². The summed E-state index contributed by atoms with van der Waals surface area (Å²) in [5.74, 6) is 0.310. The number of amides is 1. The number of nitrogens with zero attached hydrogens (tertiary/aromatic N) is 2. The maximum Gasteiger partial charge on any atom is 0.287 e. The van der Waals surface area contributed by atoms with Gasteiger partial charge in [0.1, 0.15) is 5.84 Å². The Morgan fingerprint density at radius 2 is 1.95 bits per heavy atom. The second kappa shape index (κ2) is 6.01. The van der Waals surface area contributed by atoms with Gasteiger partial charge in [0.15, 0.2) is 0 Å². The first kappa shape index (κ1) is 14.3. The van der Waals surface area contributed by atoms with E-state index in [1.807, 2.05) is 30.3 Å². The van der Waals surface area contributed by atoms with E-state index in [1.54, 1.807) is 6.07 Å². The molecule has 6 nitrogen and oxygen atoms in total. The fourth-order valence-electron chi connectivity index (χ4n) is 2.77. The first-order valence-electron chi connectivity index (χ1n) is 7.30. The zero-order valence-electron chi connectivity index (χ0n) is 12.2. The van der Waals surface area contributed by atoms with E-state index >= 15 is 0 Å². The molecule has 1 aromatic carbocycles. The molecule has 1 aliphatic heterocycles. The standard InChI is InChI=1S/C16H18N4O2/c17-15(12-4-2-1-3-5-12)20-8-6-11(7-9-20)13-10-14(16(18)21)22-19-13/h1-5,10-11,17H,6-9H2,(H2,18,21). The molecule has 6 heteroatoms. The van der Waals surface area contributed by atoms with Gasteiger partial charge in [0.2, 0.25) is 5.76 Å². The molecule has 0 aliphatic carbocycles. The molecule has 1 aromatic heterocycles. The van der Waals surface area contributed by atoms with Crippen LogP contribution in [0, 0.1) is 5.41 Å². The normalized spacial score (nSPS) is 15.7. The van der Waals surface area contributed by atoms with Crippen LogP contribution in [0.5, 0.6) is 0 Å². The van der Waals surface area contributed by atoms with Crippen LogP contribution < -0.4 is 5.73 Å². The topological polar surface area (TPSA) is 96.2 Å². The lowest BCUT2D eigenvalue weighted by Gasteiger charge is -2.32. The van der Waals surface area contributed by atoms with Crippen molar-refractivity contribution in [2.45, 2.75) is 18.8 Å². The molecule has 0 spiro atoms. The van der Waals surface area contributed by atoms with Crippen molar-refractivity contribution in [2.75, 3.05) is 13.1 Å². The minimum atomic E-state index is -0.595. The van der Waals surface area contributed by atoms with Gasteiger partial charge in [-0.1, -0.05) is 35.5 Å². The van der Waals surface area contributed by atoms with Gasteiger partial charge in [0.05, 0.1) is 5.69 Å². The minimum absolute atomic E-state index is 0.106. The van der Waals surface area contributed by atoms with Crippen LogP contribution in [0.3, 0.4) is 0 Å². The summed E-state index contributed by atoms with van der Waals surface area (Å²) in [6.07, 6.45) is 1.75. The molecule has 3 N–H and O–H groups in total. The summed E-state index contributed by atoms with van der Waals surface area (Å²) in [5.41, 5.74) is 6.88. The van der Waals surface area contributed by atoms with Gasteiger partial charge in [-0.3, -0.25) is 10.2 Å². The number of carbonyl (C=O) groups excluding carboxylic acids is 1. The fraction of sp³-hybridized carbons (Fsp3) is 0.312. The molecule has 3 rings (SSSR count). The van der Waals surface area contributed by atoms with E-state index in [0.717, 1.165) is 37.2 Å². The van der Waals surface area contributed by atoms with Gasteiger partial charge in [0, 0.05) is 30.6 Å². The molecule has 0 saturated carbocycles. The zero-order chi connectivity index (χ0) is 15.5. The van der Waals surface area contributed by atoms with E-state index in [1.165, 1.54) is 0 Å². The highest BCUT2D eigenvalue weighted by Gasteiger charge is 2.25. The highest BCUT2D eigenvalue weighted by Crippen LogP contribution is 2.28. The minimum Gasteiger partial charge on any atom is -0.363 e. The summed E-state index contributed by atoms with van der Waals surface area (Å²) >= 11 is 0. The number of primary amides is 1. The Morgan fingerprint density at radius 3 is 2.55 bits per heavy atom. The number of hydrogen-bond donors (Lipinski definition) is 2. The Balaban J connectivity index is 1.62. The number of carbonyl (C=O) groups is 1. The zero-order valence-corrected chi connectivity index (χ0v) is 12.2. The van der Waals surface area contributed by atoms with Crippen LogP contribution in [0.2, 0.25) is 0 Å². The molecule has 0 atom stereocenters. The predicted octanol–water partition coefficient (Wildman–Crippen LogP) is 1.98. The number of benzene rings is 1. The number of nitrogens with one attached hydrogen (secondary N) is 1. The van der Waals surface area contributed by atoms with Crippen molar-refractivity contribution in [2.24, 2.45) is 5.73 Å². The highest BCUT2D eigenvalue weighted by molar-refractivity contribution is 5.96. The summed E-state index contributed by atoms with van der Waals surface area (Å²) in [6.45, 7) is 1.58. The fourth-order valence-corrected chi connectivity index (χ4v) is 2.77. The Morgan fingerprint density at radius 1 is 1.27 bits per heavy atom. The first-order chi connectivity index (χ1) is 10.6. The van der Waals surface area contributed by atoms with E-state index in [2.05, 4.69) is 10.1 Å². The number of amidine groups is 1. The summed E-state index contributed by atoms with van der Waals surface area (Å²) in [4.78, 5) is 13.1. The number of nitrogens with two attached hydrogens (primary N) is 1. The third-order valence-electron chi connectivity index (χ3n) is 4.05. The number of rotatable bonds is 3. The van der Waals surface area contributed by atoms with Crippen molar-refractivity contribution in [3.8, 4) is 0 Å². The van der Waals surface area contributed by atoms with Gasteiger partial charge < -0.3 is 15.2 Å². The van der Waals surface area contributed by atoms with E-state index in [4.69, 9.17) is 15.7 Å². The lowest BCUT2D eigenvalue weighted by atomic mass is 9.93. The van der Waals surface area contributed by atoms with Crippen LogP contribution in [-0.2, 0) is 0 Å². The Hall–Kier alpha value is -2.63. The summed E-state index contributed by atoms with van der Waals surface area (Å²) in [6, 6.07) is 11.4. The van der Waals surface area contributed by atoms with E-state index in [9.17, 15) is 4.79 Å². The van der Waals surface area contributed by atoms with Gasteiger partial charge in [0.25, 0.3) is 5.91 Å². The lowest BCUT2D eigenvalue weighted by molar-refractivity contribution is 0.0965. The number of aromatic nitrogens is 1. The number of hydrogen-bond acceptors (Lipinski definition) is 4. The molecule has 0 bridgehead atoms. The average Bonchev–Trinajstić information content (AvgIpc) is 3.05.